The van der Waals surface area contributed by atoms with Crippen molar-refractivity contribution in [1.29, 1.82) is 0 Å². The van der Waals surface area contributed by atoms with E-state index in [1.807, 2.05) is 44.2 Å². The number of hydrogen-bond acceptors (Lipinski definition) is 4. The van der Waals surface area contributed by atoms with Crippen molar-refractivity contribution in [1.82, 2.24) is 9.88 Å². The van der Waals surface area contributed by atoms with Crippen LogP contribution in [0, 0.1) is 12.8 Å². The smallest absolute Gasteiger partial charge is 0.247 e. The number of hydrogen-bond donors (Lipinski definition) is 1. The molecule has 29 heavy (non-hydrogen) atoms. The van der Waals surface area contributed by atoms with Crippen LogP contribution in [0.15, 0.2) is 42.5 Å². The number of aryl methyl sites for hydroxylation is 1. The monoisotopic (exact) mass is 407 g/mol. The van der Waals surface area contributed by atoms with Crippen LogP contribution >= 0.6 is 11.3 Å². The van der Waals surface area contributed by atoms with E-state index in [2.05, 4.69) is 24.4 Å². The molecule has 1 aromatic heterocycles. The molecule has 1 fully saturated rings. The summed E-state index contributed by atoms with van der Waals surface area (Å²) in [4.78, 5) is 31.5. The Hall–Kier alpha value is -2.73. The molecular formula is C23H25N3O2S. The van der Waals surface area contributed by atoms with Gasteiger partial charge in [-0.3, -0.25) is 9.59 Å². The molecule has 0 saturated carbocycles. The number of rotatable bonds is 4. The van der Waals surface area contributed by atoms with Gasteiger partial charge < -0.3 is 10.2 Å². The number of amides is 2. The molecule has 0 spiro atoms. The fourth-order valence-electron chi connectivity index (χ4n) is 3.71. The number of anilines is 1. The summed E-state index contributed by atoms with van der Waals surface area (Å²) >= 11 is 1.67. The van der Waals surface area contributed by atoms with Crippen molar-refractivity contribution in [2.24, 2.45) is 5.92 Å². The van der Waals surface area contributed by atoms with Crippen molar-refractivity contribution in [3.63, 3.8) is 0 Å². The second-order valence-electron chi connectivity index (χ2n) is 7.90. The number of thiazole rings is 1. The highest BCUT2D eigenvalue weighted by atomic mass is 32.1. The molecule has 1 atom stereocenters. The summed E-state index contributed by atoms with van der Waals surface area (Å²) in [5.41, 5.74) is 3.99. The van der Waals surface area contributed by atoms with Gasteiger partial charge in [-0.05, 0) is 61.7 Å². The quantitative estimate of drug-likeness (QED) is 0.672. The van der Waals surface area contributed by atoms with Crippen LogP contribution in [-0.2, 0) is 9.59 Å². The Morgan fingerprint density at radius 1 is 1.17 bits per heavy atom. The van der Waals surface area contributed by atoms with E-state index in [-0.39, 0.29) is 23.8 Å². The minimum atomic E-state index is -0.378. The lowest BCUT2D eigenvalue weighted by Crippen LogP contribution is -2.44. The Morgan fingerprint density at radius 2 is 1.93 bits per heavy atom. The lowest BCUT2D eigenvalue weighted by atomic mass is 10.1. The number of carbonyl (C=O) groups excluding carboxylic acids is 2. The number of aromatic nitrogens is 1. The van der Waals surface area contributed by atoms with Gasteiger partial charge in [-0.25, -0.2) is 4.98 Å². The van der Waals surface area contributed by atoms with Crippen LogP contribution in [0.3, 0.4) is 0 Å². The number of nitrogens with zero attached hydrogens (tertiary/aromatic N) is 2. The lowest BCUT2D eigenvalue weighted by molar-refractivity contribution is -0.139. The number of likely N-dealkylation sites (tertiary alicyclic amines) is 1. The second-order valence-corrected chi connectivity index (χ2v) is 8.93. The van der Waals surface area contributed by atoms with Gasteiger partial charge in [0.1, 0.15) is 11.0 Å². The van der Waals surface area contributed by atoms with E-state index in [9.17, 15) is 9.59 Å². The van der Waals surface area contributed by atoms with Gasteiger partial charge in [-0.2, -0.15) is 0 Å². The Labute approximate surface area is 174 Å². The van der Waals surface area contributed by atoms with Gasteiger partial charge >= 0.3 is 0 Å². The number of benzene rings is 2. The van der Waals surface area contributed by atoms with E-state index in [1.165, 1.54) is 10.3 Å². The van der Waals surface area contributed by atoms with Crippen LogP contribution in [0.5, 0.6) is 0 Å². The summed E-state index contributed by atoms with van der Waals surface area (Å²) in [5.74, 6) is -0.163. The van der Waals surface area contributed by atoms with Crippen molar-refractivity contribution in [2.45, 2.75) is 39.7 Å². The molecule has 1 N–H and O–H groups in total. The van der Waals surface area contributed by atoms with Gasteiger partial charge in [0, 0.05) is 23.7 Å². The van der Waals surface area contributed by atoms with Gasteiger partial charge in [-0.1, -0.05) is 19.9 Å². The molecule has 5 nitrogen and oxygen atoms in total. The van der Waals surface area contributed by atoms with Crippen molar-refractivity contribution in [2.75, 3.05) is 11.9 Å². The van der Waals surface area contributed by atoms with Crippen LogP contribution in [0.25, 0.3) is 20.8 Å². The Kier molecular flexibility index (Phi) is 5.37. The molecule has 0 radical (unpaired) electrons. The Bertz CT molecular complexity index is 1060. The van der Waals surface area contributed by atoms with E-state index in [0.717, 1.165) is 28.2 Å². The molecule has 1 saturated heterocycles. The maximum atomic E-state index is 12.7. The predicted octanol–water partition coefficient (Wildman–Crippen LogP) is 4.86. The zero-order chi connectivity index (χ0) is 20.5. The third kappa shape index (κ3) is 4.03. The average Bonchev–Trinajstić information content (AvgIpc) is 3.34. The van der Waals surface area contributed by atoms with Crippen molar-refractivity contribution in [3.05, 3.63) is 48.0 Å². The Balaban J connectivity index is 1.47. The molecule has 2 amide bonds. The molecule has 150 valence electrons. The van der Waals surface area contributed by atoms with Gasteiger partial charge in [0.15, 0.2) is 0 Å². The summed E-state index contributed by atoms with van der Waals surface area (Å²) in [7, 11) is 0. The molecular weight excluding hydrogens is 382 g/mol. The first kappa shape index (κ1) is 19.6. The van der Waals surface area contributed by atoms with E-state index in [4.69, 9.17) is 4.98 Å². The maximum absolute atomic E-state index is 12.7. The molecule has 1 aliphatic heterocycles. The second kappa shape index (κ2) is 7.95. The summed E-state index contributed by atoms with van der Waals surface area (Å²) in [6.45, 7) is 6.48. The molecule has 0 aliphatic carbocycles. The van der Waals surface area contributed by atoms with Crippen molar-refractivity contribution < 1.29 is 9.59 Å². The van der Waals surface area contributed by atoms with E-state index < -0.39 is 0 Å². The van der Waals surface area contributed by atoms with Crippen LogP contribution in [-0.4, -0.2) is 34.3 Å². The fraction of sp³-hybridized carbons (Fsp3) is 0.348. The standard InChI is InChI=1S/C23H25N3O2S/c1-14(2)23(28)26-12-4-5-19(26)21(27)24-17-9-7-16(8-10-17)22-25-18-11-6-15(3)13-20(18)29-22/h6-11,13-14,19H,4-5,12H2,1-3H3,(H,24,27). The number of nitrogens with one attached hydrogen (secondary N) is 1. The fourth-order valence-corrected chi connectivity index (χ4v) is 4.78. The van der Waals surface area contributed by atoms with Gasteiger partial charge in [0.05, 0.1) is 10.2 Å². The van der Waals surface area contributed by atoms with Gasteiger partial charge in [0.2, 0.25) is 11.8 Å². The highest BCUT2D eigenvalue weighted by Crippen LogP contribution is 2.31. The minimum absolute atomic E-state index is 0.0454. The molecule has 1 aliphatic rings. The normalized spacial score (nSPS) is 16.6. The van der Waals surface area contributed by atoms with Crippen LogP contribution in [0.2, 0.25) is 0 Å². The molecule has 2 aromatic carbocycles. The van der Waals surface area contributed by atoms with Gasteiger partial charge in [0.25, 0.3) is 0 Å². The molecule has 1 unspecified atom stereocenters. The first-order valence-electron chi connectivity index (χ1n) is 10.0. The third-order valence-corrected chi connectivity index (χ3v) is 6.34. The number of fused-ring (bicyclic) bond motifs is 1. The maximum Gasteiger partial charge on any atom is 0.247 e. The summed E-state index contributed by atoms with van der Waals surface area (Å²) in [6.07, 6.45) is 1.58. The SMILES string of the molecule is Cc1ccc2nc(-c3ccc(NC(=O)C4CCCN4C(=O)C(C)C)cc3)sc2c1. The summed E-state index contributed by atoms with van der Waals surface area (Å²) in [5, 5.41) is 3.94. The minimum Gasteiger partial charge on any atom is -0.330 e. The molecule has 4 rings (SSSR count). The topological polar surface area (TPSA) is 62.3 Å². The zero-order valence-electron chi connectivity index (χ0n) is 16.9. The third-order valence-electron chi connectivity index (χ3n) is 5.28. The summed E-state index contributed by atoms with van der Waals surface area (Å²) in [6, 6.07) is 13.6. The number of carbonyl (C=O) groups is 2. The van der Waals surface area contributed by atoms with Crippen molar-refractivity contribution >= 4 is 39.1 Å². The lowest BCUT2D eigenvalue weighted by Gasteiger charge is -2.25. The molecule has 3 aromatic rings. The highest BCUT2D eigenvalue weighted by molar-refractivity contribution is 7.21. The molecule has 2 heterocycles. The average molecular weight is 408 g/mol. The zero-order valence-corrected chi connectivity index (χ0v) is 17.8. The first-order chi connectivity index (χ1) is 13.9. The molecule has 6 heteroatoms. The Morgan fingerprint density at radius 3 is 2.66 bits per heavy atom. The van der Waals surface area contributed by atoms with Crippen LogP contribution in [0.1, 0.15) is 32.3 Å². The van der Waals surface area contributed by atoms with Crippen molar-refractivity contribution in [3.8, 4) is 10.6 Å². The highest BCUT2D eigenvalue weighted by Gasteiger charge is 2.34. The van der Waals surface area contributed by atoms with Crippen LogP contribution in [0.4, 0.5) is 5.69 Å². The summed E-state index contributed by atoms with van der Waals surface area (Å²) < 4.78 is 1.17. The predicted molar refractivity (Wildman–Crippen MR) is 118 cm³/mol. The molecule has 0 bridgehead atoms. The van der Waals surface area contributed by atoms with E-state index in [0.29, 0.717) is 13.0 Å². The largest absolute Gasteiger partial charge is 0.330 e. The first-order valence-corrected chi connectivity index (χ1v) is 10.8. The van der Waals surface area contributed by atoms with Gasteiger partial charge in [-0.15, -0.1) is 11.3 Å². The van der Waals surface area contributed by atoms with E-state index in [1.54, 1.807) is 16.2 Å². The van der Waals surface area contributed by atoms with E-state index >= 15 is 0 Å². The van der Waals surface area contributed by atoms with Crippen LogP contribution < -0.4 is 5.32 Å².